The third kappa shape index (κ3) is 1.78. The molecule has 110 valence electrons. The Balaban J connectivity index is 1.66. The second-order valence-electron chi connectivity index (χ2n) is 7.63. The summed E-state index contributed by atoms with van der Waals surface area (Å²) in [6.45, 7) is 5.07. The van der Waals surface area contributed by atoms with Gasteiger partial charge in [0.2, 0.25) is 0 Å². The van der Waals surface area contributed by atoms with E-state index in [4.69, 9.17) is 5.73 Å². The van der Waals surface area contributed by atoms with Crippen molar-refractivity contribution >= 4 is 0 Å². The highest BCUT2D eigenvalue weighted by Gasteiger charge is 2.50. The molecule has 0 saturated heterocycles. The van der Waals surface area contributed by atoms with Crippen LogP contribution in [-0.2, 0) is 0 Å². The first kappa shape index (κ1) is 12.9. The average molecular weight is 273 g/mol. The summed E-state index contributed by atoms with van der Waals surface area (Å²) in [5.41, 5.74) is 8.69. The standard InChI is InChI=1S/C17H27N3/c1-10-11(2)20(9-19-10)16(8-18)17-14-4-12-3-13(6-14)7-15(17)5-12/h9,12-17H,3-8,18H2,1-2H3. The van der Waals surface area contributed by atoms with Gasteiger partial charge in [0.05, 0.1) is 18.1 Å². The molecule has 0 radical (unpaired) electrons. The van der Waals surface area contributed by atoms with Crippen molar-refractivity contribution in [2.24, 2.45) is 35.3 Å². The summed E-state index contributed by atoms with van der Waals surface area (Å²) in [5, 5.41) is 0. The molecular formula is C17H27N3. The van der Waals surface area contributed by atoms with Crippen LogP contribution < -0.4 is 5.73 Å². The van der Waals surface area contributed by atoms with Crippen LogP contribution in [0.3, 0.4) is 0 Å². The molecule has 4 bridgehead atoms. The van der Waals surface area contributed by atoms with Crippen molar-refractivity contribution in [3.63, 3.8) is 0 Å². The Kier molecular flexibility index (Phi) is 2.95. The molecule has 4 saturated carbocycles. The van der Waals surface area contributed by atoms with E-state index in [2.05, 4.69) is 23.4 Å². The number of aromatic nitrogens is 2. The van der Waals surface area contributed by atoms with Gasteiger partial charge >= 0.3 is 0 Å². The van der Waals surface area contributed by atoms with Crippen LogP contribution in [0, 0.1) is 43.4 Å². The number of aryl methyl sites for hydroxylation is 1. The highest BCUT2D eigenvalue weighted by molar-refractivity contribution is 5.12. The molecule has 2 N–H and O–H groups in total. The van der Waals surface area contributed by atoms with E-state index in [0.29, 0.717) is 6.04 Å². The third-order valence-corrected chi connectivity index (χ3v) is 6.63. The maximum atomic E-state index is 6.21. The summed E-state index contributed by atoms with van der Waals surface area (Å²) >= 11 is 0. The molecule has 1 unspecified atom stereocenters. The van der Waals surface area contributed by atoms with E-state index in [-0.39, 0.29) is 0 Å². The van der Waals surface area contributed by atoms with Crippen LogP contribution in [-0.4, -0.2) is 16.1 Å². The van der Waals surface area contributed by atoms with E-state index < -0.39 is 0 Å². The quantitative estimate of drug-likeness (QED) is 0.919. The van der Waals surface area contributed by atoms with Gasteiger partial charge in [-0.3, -0.25) is 0 Å². The number of rotatable bonds is 3. The van der Waals surface area contributed by atoms with Crippen LogP contribution in [0.15, 0.2) is 6.33 Å². The van der Waals surface area contributed by atoms with Gasteiger partial charge in [0.15, 0.2) is 0 Å². The predicted molar refractivity (Wildman–Crippen MR) is 80.3 cm³/mol. The Morgan fingerprint density at radius 3 is 2.20 bits per heavy atom. The van der Waals surface area contributed by atoms with Crippen molar-refractivity contribution < 1.29 is 0 Å². The zero-order valence-corrected chi connectivity index (χ0v) is 12.8. The highest BCUT2D eigenvalue weighted by Crippen LogP contribution is 2.59. The second-order valence-corrected chi connectivity index (χ2v) is 7.63. The number of imidazole rings is 1. The molecule has 3 nitrogen and oxygen atoms in total. The molecule has 5 rings (SSSR count). The summed E-state index contributed by atoms with van der Waals surface area (Å²) < 4.78 is 2.39. The maximum Gasteiger partial charge on any atom is 0.0954 e. The van der Waals surface area contributed by atoms with Crippen molar-refractivity contribution in [1.82, 2.24) is 9.55 Å². The van der Waals surface area contributed by atoms with Gasteiger partial charge in [-0.15, -0.1) is 0 Å². The molecule has 1 aromatic heterocycles. The number of nitrogens with two attached hydrogens (primary N) is 1. The van der Waals surface area contributed by atoms with Crippen molar-refractivity contribution in [3.05, 3.63) is 17.7 Å². The van der Waals surface area contributed by atoms with Gasteiger partial charge in [-0.25, -0.2) is 4.98 Å². The molecule has 4 aliphatic carbocycles. The molecule has 3 heteroatoms. The van der Waals surface area contributed by atoms with Gasteiger partial charge in [-0.1, -0.05) is 0 Å². The van der Waals surface area contributed by atoms with Gasteiger partial charge in [-0.05, 0) is 75.5 Å². The molecule has 0 aliphatic heterocycles. The van der Waals surface area contributed by atoms with Crippen LogP contribution in [0.4, 0.5) is 0 Å². The molecular weight excluding hydrogens is 246 g/mol. The largest absolute Gasteiger partial charge is 0.330 e. The van der Waals surface area contributed by atoms with Crippen molar-refractivity contribution in [2.75, 3.05) is 6.54 Å². The Bertz CT molecular complexity index is 476. The second kappa shape index (κ2) is 4.59. The summed E-state index contributed by atoms with van der Waals surface area (Å²) in [6, 6.07) is 0.478. The summed E-state index contributed by atoms with van der Waals surface area (Å²) in [6.07, 6.45) is 9.45. The minimum Gasteiger partial charge on any atom is -0.330 e. The fraction of sp³-hybridized carbons (Fsp3) is 0.824. The van der Waals surface area contributed by atoms with Crippen molar-refractivity contribution in [2.45, 2.75) is 52.0 Å². The highest BCUT2D eigenvalue weighted by atomic mass is 15.1. The van der Waals surface area contributed by atoms with Crippen LogP contribution in [0.25, 0.3) is 0 Å². The van der Waals surface area contributed by atoms with Crippen molar-refractivity contribution in [3.8, 4) is 0 Å². The summed E-state index contributed by atoms with van der Waals surface area (Å²) in [7, 11) is 0. The minimum absolute atomic E-state index is 0.478. The SMILES string of the molecule is Cc1ncn(C(CN)C2C3CC4CC(C3)CC2C4)c1C. The van der Waals surface area contributed by atoms with E-state index in [1.165, 1.54) is 37.8 Å². The molecule has 0 amide bonds. The summed E-state index contributed by atoms with van der Waals surface area (Å²) in [5.74, 6) is 4.75. The lowest BCUT2D eigenvalue weighted by Crippen LogP contribution is -2.49. The van der Waals surface area contributed by atoms with Gasteiger partial charge in [-0.2, -0.15) is 0 Å². The van der Waals surface area contributed by atoms with Gasteiger partial charge in [0, 0.05) is 12.2 Å². The van der Waals surface area contributed by atoms with Crippen LogP contribution in [0.2, 0.25) is 0 Å². The van der Waals surface area contributed by atoms with Gasteiger partial charge in [0.1, 0.15) is 0 Å². The summed E-state index contributed by atoms with van der Waals surface area (Å²) in [4.78, 5) is 4.50. The third-order valence-electron chi connectivity index (χ3n) is 6.63. The smallest absolute Gasteiger partial charge is 0.0954 e. The molecule has 1 heterocycles. The lowest BCUT2D eigenvalue weighted by atomic mass is 9.50. The van der Waals surface area contributed by atoms with E-state index in [1.807, 2.05) is 6.33 Å². The Hall–Kier alpha value is -0.830. The Morgan fingerprint density at radius 1 is 1.15 bits per heavy atom. The molecule has 0 spiro atoms. The monoisotopic (exact) mass is 273 g/mol. The molecule has 1 atom stereocenters. The molecule has 1 aromatic rings. The Labute approximate surface area is 122 Å². The predicted octanol–water partition coefficient (Wildman–Crippen LogP) is 3.07. The van der Waals surface area contributed by atoms with Gasteiger partial charge < -0.3 is 10.3 Å². The lowest BCUT2D eigenvalue weighted by Gasteiger charge is -2.56. The average Bonchev–Trinajstić information content (AvgIpc) is 2.74. The van der Waals surface area contributed by atoms with Crippen LogP contribution in [0.5, 0.6) is 0 Å². The van der Waals surface area contributed by atoms with E-state index in [0.717, 1.165) is 41.8 Å². The lowest BCUT2D eigenvalue weighted by molar-refractivity contribution is -0.0571. The number of hydrogen-bond donors (Lipinski definition) is 1. The molecule has 4 fully saturated rings. The molecule has 20 heavy (non-hydrogen) atoms. The van der Waals surface area contributed by atoms with Crippen LogP contribution in [0.1, 0.15) is 49.5 Å². The zero-order chi connectivity index (χ0) is 13.9. The minimum atomic E-state index is 0.478. The van der Waals surface area contributed by atoms with E-state index in [9.17, 15) is 0 Å². The normalized spacial score (nSPS) is 40.2. The fourth-order valence-electron chi connectivity index (χ4n) is 5.90. The topological polar surface area (TPSA) is 43.8 Å². The number of hydrogen-bond acceptors (Lipinski definition) is 2. The first-order valence-corrected chi connectivity index (χ1v) is 8.37. The van der Waals surface area contributed by atoms with Crippen molar-refractivity contribution in [1.29, 1.82) is 0 Å². The first-order chi connectivity index (χ1) is 9.67. The molecule has 0 aromatic carbocycles. The maximum absolute atomic E-state index is 6.21. The van der Waals surface area contributed by atoms with Gasteiger partial charge in [0.25, 0.3) is 0 Å². The van der Waals surface area contributed by atoms with E-state index in [1.54, 1.807) is 0 Å². The van der Waals surface area contributed by atoms with E-state index >= 15 is 0 Å². The first-order valence-electron chi connectivity index (χ1n) is 8.37. The zero-order valence-electron chi connectivity index (χ0n) is 12.8. The van der Waals surface area contributed by atoms with Crippen LogP contribution >= 0.6 is 0 Å². The molecule has 4 aliphatic rings. The number of nitrogens with zero attached hydrogens (tertiary/aromatic N) is 2. The Morgan fingerprint density at radius 2 is 1.75 bits per heavy atom. The fourth-order valence-corrected chi connectivity index (χ4v) is 5.90.